The molecule has 0 aliphatic carbocycles. The molecule has 0 unspecified atom stereocenters. The average Bonchev–Trinajstić information content (AvgIpc) is 2.83. The van der Waals surface area contributed by atoms with Crippen LogP contribution in [0, 0.1) is 0 Å². The summed E-state index contributed by atoms with van der Waals surface area (Å²) in [6.07, 6.45) is 7.46. The molecule has 88 valence electrons. The third-order valence-electron chi connectivity index (χ3n) is 2.27. The lowest BCUT2D eigenvalue weighted by molar-refractivity contribution is -0.116. The molecule has 0 bridgehead atoms. The molecule has 0 radical (unpaired) electrons. The Morgan fingerprint density at radius 1 is 1.41 bits per heavy atom. The molecule has 1 amide bonds. The van der Waals surface area contributed by atoms with Gasteiger partial charge in [0.1, 0.15) is 0 Å². The fourth-order valence-electron chi connectivity index (χ4n) is 1.47. The molecule has 4 nitrogen and oxygen atoms in total. The van der Waals surface area contributed by atoms with Crippen LogP contribution in [0.5, 0.6) is 0 Å². The number of anilines is 1. The van der Waals surface area contributed by atoms with Gasteiger partial charge >= 0.3 is 0 Å². The molecular formula is C12H13N3OS. The van der Waals surface area contributed by atoms with Crippen molar-refractivity contribution < 1.29 is 4.79 Å². The van der Waals surface area contributed by atoms with Crippen molar-refractivity contribution in [3.05, 3.63) is 41.7 Å². The first-order valence-electron chi connectivity index (χ1n) is 5.43. The second-order valence-corrected chi connectivity index (χ2v) is 4.49. The van der Waals surface area contributed by atoms with Crippen molar-refractivity contribution in [2.45, 2.75) is 19.3 Å². The number of nitrogens with zero attached hydrogens (tertiary/aromatic N) is 2. The van der Waals surface area contributed by atoms with Crippen LogP contribution in [0.1, 0.15) is 18.4 Å². The van der Waals surface area contributed by atoms with Crippen LogP contribution in [0.15, 0.2) is 36.1 Å². The monoisotopic (exact) mass is 247 g/mol. The fraction of sp³-hybridized carbons (Fsp3) is 0.250. The topological polar surface area (TPSA) is 54.9 Å². The Balaban J connectivity index is 1.70. The van der Waals surface area contributed by atoms with E-state index in [2.05, 4.69) is 15.3 Å². The molecule has 0 aliphatic rings. The van der Waals surface area contributed by atoms with E-state index in [9.17, 15) is 4.79 Å². The molecule has 0 saturated heterocycles. The van der Waals surface area contributed by atoms with Crippen molar-refractivity contribution in [1.29, 1.82) is 0 Å². The lowest BCUT2D eigenvalue weighted by Gasteiger charge is -2.01. The first kappa shape index (κ1) is 11.7. The smallest absolute Gasteiger partial charge is 0.226 e. The molecule has 5 heteroatoms. The zero-order valence-corrected chi connectivity index (χ0v) is 10.1. The summed E-state index contributed by atoms with van der Waals surface area (Å²) in [5.74, 6) is 0.0174. The maximum atomic E-state index is 11.5. The molecule has 2 heterocycles. The Morgan fingerprint density at radius 2 is 2.35 bits per heavy atom. The SMILES string of the molecule is O=C(CCCc1cccnc1)Nc1nccs1. The number of aromatic nitrogens is 2. The zero-order chi connectivity index (χ0) is 11.9. The number of carbonyl (C=O) groups is 1. The van der Waals surface area contributed by atoms with Gasteiger partial charge < -0.3 is 5.32 Å². The Bertz CT molecular complexity index is 456. The highest BCUT2D eigenvalue weighted by molar-refractivity contribution is 7.13. The van der Waals surface area contributed by atoms with E-state index >= 15 is 0 Å². The van der Waals surface area contributed by atoms with Crippen molar-refractivity contribution in [3.8, 4) is 0 Å². The summed E-state index contributed by atoms with van der Waals surface area (Å²) in [6, 6.07) is 3.93. The number of carbonyl (C=O) groups excluding carboxylic acids is 1. The molecular weight excluding hydrogens is 234 g/mol. The largest absolute Gasteiger partial charge is 0.302 e. The summed E-state index contributed by atoms with van der Waals surface area (Å²) in [5, 5.41) is 5.26. The number of aryl methyl sites for hydroxylation is 1. The van der Waals surface area contributed by atoms with Crippen LogP contribution in [0.2, 0.25) is 0 Å². The van der Waals surface area contributed by atoms with Gasteiger partial charge in [-0.1, -0.05) is 6.07 Å². The van der Waals surface area contributed by atoms with Gasteiger partial charge in [0, 0.05) is 30.4 Å². The third-order valence-corrected chi connectivity index (χ3v) is 2.96. The Hall–Kier alpha value is -1.75. The predicted octanol–water partition coefficient (Wildman–Crippen LogP) is 2.50. The number of pyridine rings is 1. The van der Waals surface area contributed by atoms with E-state index in [0.29, 0.717) is 11.6 Å². The summed E-state index contributed by atoms with van der Waals surface area (Å²) >= 11 is 1.43. The van der Waals surface area contributed by atoms with Crippen molar-refractivity contribution in [2.75, 3.05) is 5.32 Å². The maximum absolute atomic E-state index is 11.5. The molecule has 17 heavy (non-hydrogen) atoms. The van der Waals surface area contributed by atoms with Crippen LogP contribution in [0.4, 0.5) is 5.13 Å². The quantitative estimate of drug-likeness (QED) is 0.883. The Labute approximate surface area is 104 Å². The number of amides is 1. The van der Waals surface area contributed by atoms with Gasteiger partial charge in [0.25, 0.3) is 0 Å². The van der Waals surface area contributed by atoms with E-state index in [4.69, 9.17) is 0 Å². The van der Waals surface area contributed by atoms with Gasteiger partial charge in [0.05, 0.1) is 0 Å². The first-order chi connectivity index (χ1) is 8.34. The van der Waals surface area contributed by atoms with Gasteiger partial charge in [-0.2, -0.15) is 0 Å². The highest BCUT2D eigenvalue weighted by Crippen LogP contribution is 2.11. The van der Waals surface area contributed by atoms with Gasteiger partial charge in [0.15, 0.2) is 5.13 Å². The van der Waals surface area contributed by atoms with Crippen molar-refractivity contribution in [1.82, 2.24) is 9.97 Å². The minimum absolute atomic E-state index is 0.0174. The summed E-state index contributed by atoms with van der Waals surface area (Å²) in [7, 11) is 0. The van der Waals surface area contributed by atoms with Crippen LogP contribution >= 0.6 is 11.3 Å². The van der Waals surface area contributed by atoms with Gasteiger partial charge in [-0.3, -0.25) is 9.78 Å². The van der Waals surface area contributed by atoms with Crippen molar-refractivity contribution >= 4 is 22.4 Å². The van der Waals surface area contributed by atoms with Crippen LogP contribution < -0.4 is 5.32 Å². The molecule has 2 aromatic heterocycles. The minimum Gasteiger partial charge on any atom is -0.302 e. The molecule has 0 aliphatic heterocycles. The standard InChI is InChI=1S/C12H13N3OS/c16-11(15-12-14-7-8-17-12)5-1-3-10-4-2-6-13-9-10/h2,4,6-9H,1,3,5H2,(H,14,15,16). The number of rotatable bonds is 5. The second kappa shape index (κ2) is 6.10. The summed E-state index contributed by atoms with van der Waals surface area (Å²) < 4.78 is 0. The molecule has 0 saturated carbocycles. The van der Waals surface area contributed by atoms with Crippen LogP contribution in [-0.2, 0) is 11.2 Å². The lowest BCUT2D eigenvalue weighted by Crippen LogP contribution is -2.11. The zero-order valence-electron chi connectivity index (χ0n) is 9.30. The molecule has 0 fully saturated rings. The lowest BCUT2D eigenvalue weighted by atomic mass is 10.1. The molecule has 1 N–H and O–H groups in total. The number of nitrogens with one attached hydrogen (secondary N) is 1. The van der Waals surface area contributed by atoms with Gasteiger partial charge in [0.2, 0.25) is 5.91 Å². The van der Waals surface area contributed by atoms with E-state index in [0.717, 1.165) is 18.4 Å². The Morgan fingerprint density at radius 3 is 3.06 bits per heavy atom. The molecule has 2 rings (SSSR count). The number of hydrogen-bond acceptors (Lipinski definition) is 4. The van der Waals surface area contributed by atoms with E-state index in [1.54, 1.807) is 12.4 Å². The van der Waals surface area contributed by atoms with E-state index < -0.39 is 0 Å². The maximum Gasteiger partial charge on any atom is 0.226 e. The highest BCUT2D eigenvalue weighted by Gasteiger charge is 2.03. The molecule has 0 aromatic carbocycles. The van der Waals surface area contributed by atoms with Gasteiger partial charge in [-0.25, -0.2) is 4.98 Å². The van der Waals surface area contributed by atoms with E-state index in [1.165, 1.54) is 11.3 Å². The van der Waals surface area contributed by atoms with Crippen LogP contribution in [-0.4, -0.2) is 15.9 Å². The molecule has 0 atom stereocenters. The second-order valence-electron chi connectivity index (χ2n) is 3.60. The molecule has 2 aromatic rings. The molecule has 0 spiro atoms. The van der Waals surface area contributed by atoms with E-state index in [1.807, 2.05) is 23.7 Å². The van der Waals surface area contributed by atoms with Crippen LogP contribution in [0.3, 0.4) is 0 Å². The Kier molecular flexibility index (Phi) is 4.21. The highest BCUT2D eigenvalue weighted by atomic mass is 32.1. The first-order valence-corrected chi connectivity index (χ1v) is 6.31. The predicted molar refractivity (Wildman–Crippen MR) is 67.9 cm³/mol. The summed E-state index contributed by atoms with van der Waals surface area (Å²) in [5.41, 5.74) is 1.16. The van der Waals surface area contributed by atoms with Crippen LogP contribution in [0.25, 0.3) is 0 Å². The summed E-state index contributed by atoms with van der Waals surface area (Å²) in [6.45, 7) is 0. The minimum atomic E-state index is 0.0174. The van der Waals surface area contributed by atoms with Crippen molar-refractivity contribution in [3.63, 3.8) is 0 Å². The van der Waals surface area contributed by atoms with Gasteiger partial charge in [-0.05, 0) is 24.5 Å². The normalized spacial score (nSPS) is 10.1. The van der Waals surface area contributed by atoms with Crippen molar-refractivity contribution in [2.24, 2.45) is 0 Å². The number of hydrogen-bond donors (Lipinski definition) is 1. The summed E-state index contributed by atoms with van der Waals surface area (Å²) in [4.78, 5) is 19.6. The fourth-order valence-corrected chi connectivity index (χ4v) is 2.01. The van der Waals surface area contributed by atoms with Gasteiger partial charge in [-0.15, -0.1) is 11.3 Å². The van der Waals surface area contributed by atoms with E-state index in [-0.39, 0.29) is 5.91 Å². The third kappa shape index (κ3) is 3.96. The number of thiazole rings is 1. The average molecular weight is 247 g/mol.